The van der Waals surface area contributed by atoms with Crippen molar-refractivity contribution in [3.8, 4) is 0 Å². The normalized spacial score (nSPS) is 12.7. The third-order valence-corrected chi connectivity index (χ3v) is 5.19. The van der Waals surface area contributed by atoms with Crippen LogP contribution in [0, 0.1) is 5.82 Å². The molecule has 0 saturated heterocycles. The summed E-state index contributed by atoms with van der Waals surface area (Å²) in [6.07, 6.45) is 0. The van der Waals surface area contributed by atoms with E-state index in [1.165, 1.54) is 23.5 Å². The van der Waals surface area contributed by atoms with Crippen LogP contribution in [0.5, 0.6) is 0 Å². The van der Waals surface area contributed by atoms with Crippen molar-refractivity contribution in [2.45, 2.75) is 10.6 Å². The molecule has 3 aromatic rings. The van der Waals surface area contributed by atoms with Crippen LogP contribution in [0.4, 0.5) is 4.39 Å². The highest BCUT2D eigenvalue weighted by atomic mass is 32.2. The topological polar surface area (TPSA) is 30.0 Å². The van der Waals surface area contributed by atoms with Crippen molar-refractivity contribution in [3.63, 3.8) is 0 Å². The molecular formula is C14H10FNOS2. The number of rotatable bonds is 3. The quantitative estimate of drug-likeness (QED) is 0.735. The number of hydrogen-bond acceptors (Lipinski definition) is 3. The summed E-state index contributed by atoms with van der Waals surface area (Å²) in [5.74, 6) is -0.0434. The molecule has 3 rings (SSSR count). The van der Waals surface area contributed by atoms with Crippen LogP contribution in [0.3, 0.4) is 0 Å². The molecule has 2 aromatic carbocycles. The van der Waals surface area contributed by atoms with Gasteiger partial charge in [0.15, 0.2) is 0 Å². The third-order valence-electron chi connectivity index (χ3n) is 2.65. The predicted octanol–water partition coefficient (Wildman–Crippen LogP) is 3.74. The van der Waals surface area contributed by atoms with Crippen LogP contribution in [-0.2, 0) is 16.6 Å². The minimum Gasteiger partial charge on any atom is -0.254 e. The van der Waals surface area contributed by atoms with Crippen molar-refractivity contribution in [1.82, 2.24) is 4.98 Å². The van der Waals surface area contributed by atoms with E-state index in [0.717, 1.165) is 15.2 Å². The van der Waals surface area contributed by atoms with Crippen molar-refractivity contribution < 1.29 is 8.60 Å². The van der Waals surface area contributed by atoms with Crippen LogP contribution in [0.1, 0.15) is 5.01 Å². The predicted molar refractivity (Wildman–Crippen MR) is 76.1 cm³/mol. The first-order chi connectivity index (χ1) is 9.22. The summed E-state index contributed by atoms with van der Waals surface area (Å²) in [6, 6.07) is 13.7. The molecule has 5 heteroatoms. The number of nitrogens with zero attached hydrogens (tertiary/aromatic N) is 1. The van der Waals surface area contributed by atoms with Gasteiger partial charge in [-0.2, -0.15) is 0 Å². The highest BCUT2D eigenvalue weighted by Crippen LogP contribution is 2.23. The van der Waals surface area contributed by atoms with Crippen LogP contribution >= 0.6 is 11.3 Å². The average Bonchev–Trinajstić information content (AvgIpc) is 2.80. The second-order valence-corrected chi connectivity index (χ2v) is 6.59. The van der Waals surface area contributed by atoms with Gasteiger partial charge in [0.1, 0.15) is 10.8 Å². The van der Waals surface area contributed by atoms with E-state index in [1.54, 1.807) is 12.1 Å². The van der Waals surface area contributed by atoms with Gasteiger partial charge in [0.2, 0.25) is 0 Å². The van der Waals surface area contributed by atoms with E-state index in [2.05, 4.69) is 4.98 Å². The summed E-state index contributed by atoms with van der Waals surface area (Å²) in [5.41, 5.74) is 0.916. The van der Waals surface area contributed by atoms with Gasteiger partial charge in [-0.1, -0.05) is 18.2 Å². The Bertz CT molecular complexity index is 721. The molecule has 0 aliphatic heterocycles. The van der Waals surface area contributed by atoms with Crippen molar-refractivity contribution in [2.24, 2.45) is 0 Å². The number of halogens is 1. The molecule has 1 aromatic heterocycles. The molecule has 19 heavy (non-hydrogen) atoms. The maximum absolute atomic E-state index is 13.1. The van der Waals surface area contributed by atoms with E-state index < -0.39 is 10.8 Å². The van der Waals surface area contributed by atoms with Crippen molar-refractivity contribution in [2.75, 3.05) is 0 Å². The number of para-hydroxylation sites is 1. The molecule has 0 spiro atoms. The summed E-state index contributed by atoms with van der Waals surface area (Å²) < 4.78 is 26.3. The first kappa shape index (κ1) is 12.4. The number of benzene rings is 2. The largest absolute Gasteiger partial charge is 0.254 e. The fourth-order valence-corrected chi connectivity index (χ4v) is 4.04. The molecular weight excluding hydrogens is 281 g/mol. The molecule has 0 aliphatic rings. The van der Waals surface area contributed by atoms with Crippen LogP contribution in [0.25, 0.3) is 10.2 Å². The zero-order valence-electron chi connectivity index (χ0n) is 9.88. The first-order valence-corrected chi connectivity index (χ1v) is 7.84. The molecule has 1 atom stereocenters. The van der Waals surface area contributed by atoms with Gasteiger partial charge in [-0.05, 0) is 30.3 Å². The van der Waals surface area contributed by atoms with Crippen LogP contribution in [0.2, 0.25) is 0 Å². The van der Waals surface area contributed by atoms with E-state index in [4.69, 9.17) is 0 Å². The van der Waals surface area contributed by atoms with E-state index in [9.17, 15) is 8.60 Å². The third kappa shape index (κ3) is 2.72. The molecule has 0 saturated carbocycles. The highest BCUT2D eigenvalue weighted by Gasteiger charge is 2.10. The van der Waals surface area contributed by atoms with Gasteiger partial charge in [-0.3, -0.25) is 4.21 Å². The Morgan fingerprint density at radius 2 is 2.00 bits per heavy atom. The second-order valence-electron chi connectivity index (χ2n) is 4.02. The van der Waals surface area contributed by atoms with E-state index in [1.807, 2.05) is 24.3 Å². The van der Waals surface area contributed by atoms with Gasteiger partial charge >= 0.3 is 0 Å². The molecule has 2 nitrogen and oxygen atoms in total. The summed E-state index contributed by atoms with van der Waals surface area (Å²) >= 11 is 1.53. The number of fused-ring (bicyclic) bond motifs is 1. The molecule has 0 N–H and O–H groups in total. The lowest BCUT2D eigenvalue weighted by Gasteiger charge is -1.99. The molecule has 1 heterocycles. The van der Waals surface area contributed by atoms with Crippen LogP contribution < -0.4 is 0 Å². The summed E-state index contributed by atoms with van der Waals surface area (Å²) in [5, 5.41) is 0.809. The Hall–Kier alpha value is -1.59. The van der Waals surface area contributed by atoms with Crippen LogP contribution in [0.15, 0.2) is 53.4 Å². The van der Waals surface area contributed by atoms with Crippen molar-refractivity contribution in [1.29, 1.82) is 0 Å². The van der Waals surface area contributed by atoms with Gasteiger partial charge in [-0.25, -0.2) is 9.37 Å². The average molecular weight is 291 g/mol. The van der Waals surface area contributed by atoms with Gasteiger partial charge in [0, 0.05) is 4.90 Å². The summed E-state index contributed by atoms with van der Waals surface area (Å²) in [7, 11) is -1.26. The number of hydrogen-bond donors (Lipinski definition) is 0. The molecule has 1 unspecified atom stereocenters. The molecule has 0 bridgehead atoms. The fourth-order valence-electron chi connectivity index (χ4n) is 1.79. The lowest BCUT2D eigenvalue weighted by Crippen LogP contribution is -1.96. The van der Waals surface area contributed by atoms with Gasteiger partial charge < -0.3 is 0 Å². The minimum absolute atomic E-state index is 0.322. The van der Waals surface area contributed by atoms with E-state index in [0.29, 0.717) is 10.6 Å². The molecule has 0 aliphatic carbocycles. The molecule has 0 amide bonds. The maximum Gasteiger partial charge on any atom is 0.124 e. The summed E-state index contributed by atoms with van der Waals surface area (Å²) in [6.45, 7) is 0. The Morgan fingerprint density at radius 1 is 1.16 bits per heavy atom. The van der Waals surface area contributed by atoms with E-state index >= 15 is 0 Å². The second kappa shape index (κ2) is 5.19. The Balaban J connectivity index is 1.86. The van der Waals surface area contributed by atoms with Gasteiger partial charge in [0.25, 0.3) is 0 Å². The van der Waals surface area contributed by atoms with Crippen molar-refractivity contribution in [3.05, 3.63) is 59.4 Å². The highest BCUT2D eigenvalue weighted by molar-refractivity contribution is 7.84. The maximum atomic E-state index is 13.1. The van der Waals surface area contributed by atoms with Gasteiger partial charge in [0.05, 0.1) is 26.8 Å². The Morgan fingerprint density at radius 3 is 2.79 bits per heavy atom. The fraction of sp³-hybridized carbons (Fsp3) is 0.0714. The van der Waals surface area contributed by atoms with Gasteiger partial charge in [-0.15, -0.1) is 11.3 Å². The summed E-state index contributed by atoms with van der Waals surface area (Å²) in [4.78, 5) is 4.93. The SMILES string of the molecule is O=S(Cc1nc2ccccc2s1)c1cccc(F)c1. The standard InChI is InChI=1S/C14H10FNOS2/c15-10-4-3-5-11(8-10)19(17)9-14-16-12-6-1-2-7-13(12)18-14/h1-8H,9H2. The van der Waals surface area contributed by atoms with Crippen LogP contribution in [-0.4, -0.2) is 9.19 Å². The number of thiazole rings is 1. The minimum atomic E-state index is -1.26. The number of aromatic nitrogens is 1. The Kier molecular flexibility index (Phi) is 3.40. The zero-order valence-corrected chi connectivity index (χ0v) is 11.5. The van der Waals surface area contributed by atoms with Crippen molar-refractivity contribution >= 4 is 32.4 Å². The Labute approximate surface area is 116 Å². The lowest BCUT2D eigenvalue weighted by atomic mass is 10.3. The lowest BCUT2D eigenvalue weighted by molar-refractivity contribution is 0.622. The molecule has 96 valence electrons. The first-order valence-electron chi connectivity index (χ1n) is 5.71. The zero-order chi connectivity index (χ0) is 13.2. The molecule has 0 radical (unpaired) electrons. The monoisotopic (exact) mass is 291 g/mol. The molecule has 0 fully saturated rings. The smallest absolute Gasteiger partial charge is 0.124 e. The van der Waals surface area contributed by atoms with E-state index in [-0.39, 0.29) is 5.82 Å².